The van der Waals surface area contributed by atoms with Crippen molar-refractivity contribution in [1.82, 2.24) is 9.80 Å². The summed E-state index contributed by atoms with van der Waals surface area (Å²) in [5.74, 6) is 0. The molecular weight excluding hydrogens is 262 g/mol. The van der Waals surface area contributed by atoms with E-state index >= 15 is 0 Å². The second kappa shape index (κ2) is 7.36. The fraction of sp³-hybridized carbons (Fsp3) is 0.647. The van der Waals surface area contributed by atoms with Crippen molar-refractivity contribution in [2.24, 2.45) is 5.73 Å². The van der Waals surface area contributed by atoms with Crippen molar-refractivity contribution in [2.75, 3.05) is 39.8 Å². The molecule has 1 aromatic carbocycles. The van der Waals surface area contributed by atoms with Crippen molar-refractivity contribution in [2.45, 2.75) is 31.4 Å². The van der Waals surface area contributed by atoms with Crippen molar-refractivity contribution in [3.8, 4) is 0 Å². The molecule has 2 unspecified atom stereocenters. The first-order valence-corrected chi connectivity index (χ1v) is 7.96. The standard InChI is InChI=1S/C17H29N3O/c1-15-13-19(2)10-6-11-20(15)12-9-17(21,14-18)16-7-4-3-5-8-16/h3-5,7-8,15,21H,6,9-14,18H2,1-2H3. The Morgan fingerprint density at radius 1 is 1.29 bits per heavy atom. The quantitative estimate of drug-likeness (QED) is 0.857. The maximum Gasteiger partial charge on any atom is 0.103 e. The smallest absolute Gasteiger partial charge is 0.103 e. The SMILES string of the molecule is CC1CN(C)CCCN1CCC(O)(CN)c1ccccc1. The molecule has 1 aliphatic rings. The van der Waals surface area contributed by atoms with E-state index in [1.54, 1.807) is 0 Å². The number of nitrogens with zero attached hydrogens (tertiary/aromatic N) is 2. The molecule has 0 aliphatic carbocycles. The summed E-state index contributed by atoms with van der Waals surface area (Å²) >= 11 is 0. The highest BCUT2D eigenvalue weighted by Gasteiger charge is 2.29. The fourth-order valence-electron chi connectivity index (χ4n) is 3.20. The molecule has 4 nitrogen and oxygen atoms in total. The van der Waals surface area contributed by atoms with Crippen molar-refractivity contribution in [3.63, 3.8) is 0 Å². The fourth-order valence-corrected chi connectivity index (χ4v) is 3.20. The molecule has 1 aromatic rings. The summed E-state index contributed by atoms with van der Waals surface area (Å²) in [7, 11) is 2.18. The van der Waals surface area contributed by atoms with E-state index in [1.165, 1.54) is 6.42 Å². The monoisotopic (exact) mass is 291 g/mol. The molecule has 0 bridgehead atoms. The minimum atomic E-state index is -0.917. The highest BCUT2D eigenvalue weighted by atomic mass is 16.3. The Morgan fingerprint density at radius 3 is 2.67 bits per heavy atom. The Labute approximate surface area is 128 Å². The Bertz CT molecular complexity index is 425. The lowest BCUT2D eigenvalue weighted by molar-refractivity contribution is 0.0219. The number of aliphatic hydroxyl groups is 1. The molecule has 0 saturated carbocycles. The first-order valence-electron chi connectivity index (χ1n) is 7.96. The maximum atomic E-state index is 10.9. The number of hydrogen-bond donors (Lipinski definition) is 2. The van der Waals surface area contributed by atoms with Gasteiger partial charge in [0.05, 0.1) is 0 Å². The molecule has 21 heavy (non-hydrogen) atoms. The third-order valence-electron chi connectivity index (χ3n) is 4.65. The largest absolute Gasteiger partial charge is 0.384 e. The second-order valence-corrected chi connectivity index (χ2v) is 6.35. The van der Waals surface area contributed by atoms with E-state index in [0.29, 0.717) is 12.5 Å². The molecule has 1 heterocycles. The summed E-state index contributed by atoms with van der Waals surface area (Å²) in [5, 5.41) is 10.9. The number of benzene rings is 1. The summed E-state index contributed by atoms with van der Waals surface area (Å²) in [6, 6.07) is 10.3. The Balaban J connectivity index is 1.99. The van der Waals surface area contributed by atoms with Crippen LogP contribution in [0.5, 0.6) is 0 Å². The molecular formula is C17H29N3O. The van der Waals surface area contributed by atoms with Crippen LogP contribution in [0.2, 0.25) is 0 Å². The van der Waals surface area contributed by atoms with Gasteiger partial charge < -0.3 is 15.7 Å². The summed E-state index contributed by atoms with van der Waals surface area (Å²) in [6.45, 7) is 6.76. The van der Waals surface area contributed by atoms with Crippen molar-refractivity contribution in [3.05, 3.63) is 35.9 Å². The van der Waals surface area contributed by atoms with Gasteiger partial charge in [-0.05, 0) is 45.5 Å². The average molecular weight is 291 g/mol. The van der Waals surface area contributed by atoms with Crippen molar-refractivity contribution >= 4 is 0 Å². The Morgan fingerprint density at radius 2 is 2.00 bits per heavy atom. The van der Waals surface area contributed by atoms with Gasteiger partial charge in [0, 0.05) is 25.7 Å². The second-order valence-electron chi connectivity index (χ2n) is 6.35. The van der Waals surface area contributed by atoms with Gasteiger partial charge in [0.25, 0.3) is 0 Å². The van der Waals surface area contributed by atoms with Gasteiger partial charge >= 0.3 is 0 Å². The predicted molar refractivity (Wildman–Crippen MR) is 87.2 cm³/mol. The van der Waals surface area contributed by atoms with Crippen LogP contribution in [-0.4, -0.2) is 60.7 Å². The Hall–Kier alpha value is -0.940. The summed E-state index contributed by atoms with van der Waals surface area (Å²) in [5.41, 5.74) is 5.87. The van der Waals surface area contributed by atoms with Crippen LogP contribution in [0.3, 0.4) is 0 Å². The minimum absolute atomic E-state index is 0.263. The van der Waals surface area contributed by atoms with Gasteiger partial charge in [-0.25, -0.2) is 0 Å². The molecule has 0 radical (unpaired) electrons. The highest BCUT2D eigenvalue weighted by molar-refractivity contribution is 5.22. The van der Waals surface area contributed by atoms with Crippen LogP contribution in [0.1, 0.15) is 25.3 Å². The van der Waals surface area contributed by atoms with E-state index in [-0.39, 0.29) is 6.54 Å². The third kappa shape index (κ3) is 4.27. The normalized spacial score (nSPS) is 24.5. The van der Waals surface area contributed by atoms with Crippen LogP contribution in [0.4, 0.5) is 0 Å². The van der Waals surface area contributed by atoms with E-state index < -0.39 is 5.60 Å². The van der Waals surface area contributed by atoms with Crippen LogP contribution in [0.15, 0.2) is 30.3 Å². The van der Waals surface area contributed by atoms with Gasteiger partial charge in [0.1, 0.15) is 5.60 Å². The zero-order chi connectivity index (χ0) is 15.3. The zero-order valence-corrected chi connectivity index (χ0v) is 13.3. The number of likely N-dealkylation sites (N-methyl/N-ethyl adjacent to an activating group) is 1. The van der Waals surface area contributed by atoms with Crippen molar-refractivity contribution in [1.29, 1.82) is 0 Å². The van der Waals surface area contributed by atoms with Gasteiger partial charge in [0.2, 0.25) is 0 Å². The summed E-state index contributed by atoms with van der Waals surface area (Å²) < 4.78 is 0. The summed E-state index contributed by atoms with van der Waals surface area (Å²) in [6.07, 6.45) is 1.87. The minimum Gasteiger partial charge on any atom is -0.384 e. The number of hydrogen-bond acceptors (Lipinski definition) is 4. The average Bonchev–Trinajstić information content (AvgIpc) is 2.66. The predicted octanol–water partition coefficient (Wildman–Crippen LogP) is 1.25. The van der Waals surface area contributed by atoms with Gasteiger partial charge in [-0.1, -0.05) is 30.3 Å². The van der Waals surface area contributed by atoms with E-state index in [9.17, 15) is 5.11 Å². The molecule has 2 rings (SSSR count). The van der Waals surface area contributed by atoms with Crippen LogP contribution < -0.4 is 5.73 Å². The first kappa shape index (κ1) is 16.4. The molecule has 2 atom stereocenters. The lowest BCUT2D eigenvalue weighted by atomic mass is 9.90. The molecule has 0 amide bonds. The molecule has 4 heteroatoms. The molecule has 1 fully saturated rings. The van der Waals surface area contributed by atoms with Gasteiger partial charge in [0.15, 0.2) is 0 Å². The number of rotatable bonds is 5. The van der Waals surface area contributed by atoms with Crippen LogP contribution in [-0.2, 0) is 5.60 Å². The molecule has 1 aliphatic heterocycles. The van der Waals surface area contributed by atoms with E-state index in [2.05, 4.69) is 23.8 Å². The highest BCUT2D eigenvalue weighted by Crippen LogP contribution is 2.25. The van der Waals surface area contributed by atoms with Gasteiger partial charge in [-0.15, -0.1) is 0 Å². The van der Waals surface area contributed by atoms with Gasteiger partial charge in [-0.3, -0.25) is 4.90 Å². The Kier molecular flexibility index (Phi) is 5.76. The molecule has 1 saturated heterocycles. The van der Waals surface area contributed by atoms with E-state index in [0.717, 1.165) is 31.7 Å². The summed E-state index contributed by atoms with van der Waals surface area (Å²) in [4.78, 5) is 4.87. The topological polar surface area (TPSA) is 52.7 Å². The lowest BCUT2D eigenvalue weighted by Crippen LogP contribution is -2.43. The number of nitrogens with two attached hydrogens (primary N) is 1. The van der Waals surface area contributed by atoms with Gasteiger partial charge in [-0.2, -0.15) is 0 Å². The molecule has 0 spiro atoms. The first-order chi connectivity index (χ1) is 10.0. The van der Waals surface area contributed by atoms with Crippen LogP contribution in [0, 0.1) is 0 Å². The maximum absolute atomic E-state index is 10.9. The third-order valence-corrected chi connectivity index (χ3v) is 4.65. The molecule has 0 aromatic heterocycles. The van der Waals surface area contributed by atoms with E-state index in [1.807, 2.05) is 30.3 Å². The van der Waals surface area contributed by atoms with E-state index in [4.69, 9.17) is 5.73 Å². The molecule has 3 N–H and O–H groups in total. The zero-order valence-electron chi connectivity index (χ0n) is 13.3. The van der Waals surface area contributed by atoms with Crippen LogP contribution in [0.25, 0.3) is 0 Å². The molecule has 118 valence electrons. The van der Waals surface area contributed by atoms with Crippen LogP contribution >= 0.6 is 0 Å². The van der Waals surface area contributed by atoms with Crippen molar-refractivity contribution < 1.29 is 5.11 Å². The lowest BCUT2D eigenvalue weighted by Gasteiger charge is -2.33.